The number of carbonyl (C=O) groups excluding carboxylic acids is 2. The fourth-order valence-corrected chi connectivity index (χ4v) is 3.52. The zero-order chi connectivity index (χ0) is 22.2. The first-order valence-electron chi connectivity index (χ1n) is 9.54. The number of hydrogen-bond acceptors (Lipinski definition) is 6. The zero-order valence-electron chi connectivity index (χ0n) is 17.1. The monoisotopic (exact) mass is 459 g/mol. The third-order valence-electron chi connectivity index (χ3n) is 4.30. The van der Waals surface area contributed by atoms with E-state index in [1.54, 1.807) is 61.0 Å². The molecule has 31 heavy (non-hydrogen) atoms. The summed E-state index contributed by atoms with van der Waals surface area (Å²) >= 11 is 7.19. The van der Waals surface area contributed by atoms with Crippen LogP contribution in [0, 0.1) is 0 Å². The van der Waals surface area contributed by atoms with Crippen LogP contribution in [0.2, 0.25) is 5.02 Å². The number of anilines is 1. The third kappa shape index (κ3) is 6.44. The summed E-state index contributed by atoms with van der Waals surface area (Å²) in [7, 11) is 1.56. The summed E-state index contributed by atoms with van der Waals surface area (Å²) in [4.78, 5) is 31.0. The Kier molecular flexibility index (Phi) is 7.86. The number of thiazole rings is 1. The van der Waals surface area contributed by atoms with Crippen molar-refractivity contribution in [3.63, 3.8) is 0 Å². The van der Waals surface area contributed by atoms with E-state index in [4.69, 9.17) is 21.1 Å². The minimum atomic E-state index is -0.308. The summed E-state index contributed by atoms with van der Waals surface area (Å²) in [5.41, 5.74) is 0.888. The van der Waals surface area contributed by atoms with Crippen LogP contribution in [0.5, 0.6) is 11.5 Å². The Labute approximate surface area is 189 Å². The SMILES string of the molecule is CCN(CC(=O)Nc1cccc(OC)c1)C(=O)c1csc(COc2ccc(Cl)cc2)n1. The van der Waals surface area contributed by atoms with Crippen LogP contribution >= 0.6 is 22.9 Å². The van der Waals surface area contributed by atoms with Gasteiger partial charge in [0.15, 0.2) is 0 Å². The summed E-state index contributed by atoms with van der Waals surface area (Å²) in [6, 6.07) is 14.0. The lowest BCUT2D eigenvalue weighted by Gasteiger charge is -2.19. The fraction of sp³-hybridized carbons (Fsp3) is 0.227. The van der Waals surface area contributed by atoms with Crippen molar-refractivity contribution in [2.24, 2.45) is 0 Å². The highest BCUT2D eigenvalue weighted by Crippen LogP contribution is 2.19. The number of likely N-dealkylation sites (N-methyl/N-ethyl adjacent to an activating group) is 1. The molecule has 0 aliphatic heterocycles. The predicted octanol–water partition coefficient (Wildman–Crippen LogP) is 4.48. The van der Waals surface area contributed by atoms with E-state index in [1.165, 1.54) is 16.2 Å². The molecule has 7 nitrogen and oxygen atoms in total. The highest BCUT2D eigenvalue weighted by molar-refractivity contribution is 7.09. The van der Waals surface area contributed by atoms with Crippen LogP contribution in [-0.4, -0.2) is 41.9 Å². The highest BCUT2D eigenvalue weighted by Gasteiger charge is 2.20. The molecule has 0 atom stereocenters. The molecule has 0 radical (unpaired) electrons. The van der Waals surface area contributed by atoms with Crippen LogP contribution in [-0.2, 0) is 11.4 Å². The second kappa shape index (κ2) is 10.8. The van der Waals surface area contributed by atoms with Crippen LogP contribution in [0.15, 0.2) is 53.9 Å². The molecule has 2 amide bonds. The van der Waals surface area contributed by atoms with Gasteiger partial charge in [0.2, 0.25) is 5.91 Å². The predicted molar refractivity (Wildman–Crippen MR) is 121 cm³/mol. The maximum Gasteiger partial charge on any atom is 0.273 e. The number of carbonyl (C=O) groups is 2. The van der Waals surface area contributed by atoms with Crippen molar-refractivity contribution in [3.05, 3.63) is 69.6 Å². The molecule has 0 spiro atoms. The molecule has 0 fully saturated rings. The van der Waals surface area contributed by atoms with E-state index in [0.29, 0.717) is 33.8 Å². The van der Waals surface area contributed by atoms with Gasteiger partial charge in [-0.2, -0.15) is 0 Å². The largest absolute Gasteiger partial charge is 0.497 e. The van der Waals surface area contributed by atoms with E-state index < -0.39 is 0 Å². The van der Waals surface area contributed by atoms with Gasteiger partial charge in [0, 0.05) is 28.7 Å². The Balaban J connectivity index is 1.57. The standard InChI is InChI=1S/C22H22ClN3O4S/c1-3-26(12-20(27)24-16-5-4-6-18(11-16)29-2)22(28)19-14-31-21(25-19)13-30-17-9-7-15(23)8-10-17/h4-11,14H,3,12-13H2,1-2H3,(H,24,27). The third-order valence-corrected chi connectivity index (χ3v) is 5.38. The molecule has 1 N–H and O–H groups in total. The molecule has 0 saturated carbocycles. The number of rotatable bonds is 9. The van der Waals surface area contributed by atoms with E-state index in [-0.39, 0.29) is 30.7 Å². The van der Waals surface area contributed by atoms with Gasteiger partial charge in [-0.05, 0) is 43.3 Å². The van der Waals surface area contributed by atoms with Crippen molar-refractivity contribution in [2.75, 3.05) is 25.5 Å². The number of aromatic nitrogens is 1. The van der Waals surface area contributed by atoms with E-state index in [0.717, 1.165) is 0 Å². The van der Waals surface area contributed by atoms with E-state index >= 15 is 0 Å². The van der Waals surface area contributed by atoms with Gasteiger partial charge >= 0.3 is 0 Å². The van der Waals surface area contributed by atoms with Crippen LogP contribution in [0.1, 0.15) is 22.4 Å². The summed E-state index contributed by atoms with van der Waals surface area (Å²) < 4.78 is 10.8. The van der Waals surface area contributed by atoms with Crippen LogP contribution in [0.4, 0.5) is 5.69 Å². The highest BCUT2D eigenvalue weighted by atomic mass is 35.5. The average Bonchev–Trinajstić information content (AvgIpc) is 3.26. The summed E-state index contributed by atoms with van der Waals surface area (Å²) in [6.45, 7) is 2.34. The van der Waals surface area contributed by atoms with Gasteiger partial charge < -0.3 is 19.7 Å². The lowest BCUT2D eigenvalue weighted by Crippen LogP contribution is -2.38. The number of amides is 2. The van der Waals surface area contributed by atoms with Crippen molar-refractivity contribution < 1.29 is 19.1 Å². The van der Waals surface area contributed by atoms with Gasteiger partial charge in [-0.3, -0.25) is 9.59 Å². The van der Waals surface area contributed by atoms with E-state index in [2.05, 4.69) is 10.3 Å². The Morgan fingerprint density at radius 1 is 1.16 bits per heavy atom. The molecular weight excluding hydrogens is 438 g/mol. The van der Waals surface area contributed by atoms with Crippen LogP contribution < -0.4 is 14.8 Å². The molecule has 0 bridgehead atoms. The first-order valence-corrected chi connectivity index (χ1v) is 10.8. The first kappa shape index (κ1) is 22.6. The molecule has 1 heterocycles. The number of benzene rings is 2. The smallest absolute Gasteiger partial charge is 0.273 e. The number of halogens is 1. The second-order valence-corrected chi connectivity index (χ2v) is 7.85. The average molecular weight is 460 g/mol. The molecule has 1 aromatic heterocycles. The van der Waals surface area contributed by atoms with Crippen molar-refractivity contribution >= 4 is 40.4 Å². The number of ether oxygens (including phenoxy) is 2. The maximum absolute atomic E-state index is 12.8. The first-order chi connectivity index (χ1) is 15.0. The van der Waals surface area contributed by atoms with Crippen LogP contribution in [0.3, 0.4) is 0 Å². The second-order valence-electron chi connectivity index (χ2n) is 6.47. The lowest BCUT2D eigenvalue weighted by molar-refractivity contribution is -0.116. The Morgan fingerprint density at radius 2 is 1.94 bits per heavy atom. The van der Waals surface area contributed by atoms with Crippen molar-refractivity contribution in [1.82, 2.24) is 9.88 Å². The Morgan fingerprint density at radius 3 is 2.65 bits per heavy atom. The molecule has 0 saturated heterocycles. The topological polar surface area (TPSA) is 80.8 Å². The van der Waals surface area contributed by atoms with Gasteiger partial charge in [-0.1, -0.05) is 17.7 Å². The molecular formula is C22H22ClN3O4S. The van der Waals surface area contributed by atoms with Gasteiger partial charge in [-0.25, -0.2) is 4.98 Å². The number of nitrogens with one attached hydrogen (secondary N) is 1. The molecule has 9 heteroatoms. The van der Waals surface area contributed by atoms with E-state index in [1.807, 2.05) is 6.92 Å². The van der Waals surface area contributed by atoms with Gasteiger partial charge in [0.1, 0.15) is 35.4 Å². The van der Waals surface area contributed by atoms with Gasteiger partial charge in [0.05, 0.1) is 7.11 Å². The minimum Gasteiger partial charge on any atom is -0.497 e. The fourth-order valence-electron chi connectivity index (χ4n) is 2.72. The van der Waals surface area contributed by atoms with Gasteiger partial charge in [0.25, 0.3) is 5.91 Å². The summed E-state index contributed by atoms with van der Waals surface area (Å²) in [5.74, 6) is 0.691. The number of methoxy groups -OCH3 is 1. The lowest BCUT2D eigenvalue weighted by atomic mass is 10.3. The molecule has 0 unspecified atom stereocenters. The van der Waals surface area contributed by atoms with Crippen molar-refractivity contribution in [1.29, 1.82) is 0 Å². The quantitative estimate of drug-likeness (QED) is 0.510. The summed E-state index contributed by atoms with van der Waals surface area (Å²) in [5, 5.41) is 5.74. The van der Waals surface area contributed by atoms with E-state index in [9.17, 15) is 9.59 Å². The Bertz CT molecular complexity index is 1040. The molecule has 2 aromatic carbocycles. The normalized spacial score (nSPS) is 10.4. The number of hydrogen-bond donors (Lipinski definition) is 1. The molecule has 3 rings (SSSR count). The summed E-state index contributed by atoms with van der Waals surface area (Å²) in [6.07, 6.45) is 0. The Hall–Kier alpha value is -3.10. The van der Waals surface area contributed by atoms with Gasteiger partial charge in [-0.15, -0.1) is 11.3 Å². The van der Waals surface area contributed by atoms with Crippen molar-refractivity contribution in [3.8, 4) is 11.5 Å². The molecule has 0 aliphatic rings. The van der Waals surface area contributed by atoms with Crippen molar-refractivity contribution in [2.45, 2.75) is 13.5 Å². The number of nitrogens with zero attached hydrogens (tertiary/aromatic N) is 2. The minimum absolute atomic E-state index is 0.0827. The zero-order valence-corrected chi connectivity index (χ0v) is 18.7. The molecule has 162 valence electrons. The van der Waals surface area contributed by atoms with Crippen LogP contribution in [0.25, 0.3) is 0 Å². The molecule has 0 aliphatic carbocycles. The molecule has 3 aromatic rings. The maximum atomic E-state index is 12.8.